The summed E-state index contributed by atoms with van der Waals surface area (Å²) in [5, 5.41) is 87.0. The molecule has 0 aliphatic carbocycles. The molecule has 1 aromatic rings. The lowest BCUT2D eigenvalue weighted by Gasteiger charge is -2.48. The van der Waals surface area contributed by atoms with E-state index in [0.717, 1.165) is 0 Å². The number of hydrogen-bond acceptors (Lipinski definition) is 27. The number of rotatable bonds is 26. The number of aliphatic hydroxyl groups is 4. The first-order valence-electron chi connectivity index (χ1n) is 24.7. The molecule has 21 atom stereocenters. The summed E-state index contributed by atoms with van der Waals surface area (Å²) in [6.07, 6.45) is -15.3. The van der Waals surface area contributed by atoms with E-state index in [4.69, 9.17) is 137 Å². The fourth-order valence-corrected chi connectivity index (χ4v) is 13.3. The molecular weight excluding hydrogens is 1180 g/mol. The van der Waals surface area contributed by atoms with Gasteiger partial charge >= 0.3 is 13.9 Å². The topological polar surface area (TPSA) is 441 Å². The number of phenols is 3. The molecule has 39 heteroatoms. The molecule has 1 aromatic carbocycles. The Bertz CT molecular complexity index is 2480. The van der Waals surface area contributed by atoms with E-state index < -0.39 is 182 Å². The number of nitrogens with one attached hydrogen (secondary N) is 3. The van der Waals surface area contributed by atoms with E-state index in [9.17, 15) is 45.5 Å². The Morgan fingerprint density at radius 3 is 2.01 bits per heavy atom. The maximum absolute atomic E-state index is 13.0. The van der Waals surface area contributed by atoms with Gasteiger partial charge < -0.3 is 125 Å². The lowest BCUT2D eigenvalue weighted by atomic mass is 9.76. The van der Waals surface area contributed by atoms with Crippen molar-refractivity contribution in [3.05, 3.63) is 0 Å². The Labute approximate surface area is 481 Å². The molecule has 6 rings (SSSR count). The predicted octanol–water partition coefficient (Wildman–Crippen LogP) is -3.36. The van der Waals surface area contributed by atoms with E-state index in [2.05, 4.69) is 25.9 Å². The first kappa shape index (κ1) is 67.3. The zero-order valence-electron chi connectivity index (χ0n) is 44.2. The lowest BCUT2D eigenvalue weighted by Crippen LogP contribution is -2.71. The largest absolute Gasteiger partial charge is 0.522 e. The molecule has 0 spiro atoms. The van der Waals surface area contributed by atoms with Crippen molar-refractivity contribution in [2.45, 2.75) is 155 Å². The van der Waals surface area contributed by atoms with Crippen LogP contribution >= 0.6 is 20.4 Å². The fraction of sp³-hybridized carbons (Fsp3) is 0.805. The summed E-state index contributed by atoms with van der Waals surface area (Å²) in [5.74, 6) is -4.71. The summed E-state index contributed by atoms with van der Waals surface area (Å²) in [7, 11) is 18.9. The lowest BCUT2D eigenvalue weighted by molar-refractivity contribution is -0.307. The minimum Gasteiger partial charge on any atom is -0.504 e. The van der Waals surface area contributed by atoms with Gasteiger partial charge in [0.25, 0.3) is 0 Å². The molecular formula is C41H69B3N8O22P3S3+. The van der Waals surface area contributed by atoms with E-state index in [1.54, 1.807) is 0 Å². The van der Waals surface area contributed by atoms with Crippen LogP contribution in [-0.4, -0.2) is 250 Å². The molecule has 80 heavy (non-hydrogen) atoms. The quantitative estimate of drug-likeness (QED) is 0.00629. The average molecular weight is 1250 g/mol. The second kappa shape index (κ2) is 28.1. The molecule has 5 fully saturated rings. The van der Waals surface area contributed by atoms with E-state index in [1.807, 2.05) is 0 Å². The van der Waals surface area contributed by atoms with Crippen LogP contribution in [0.15, 0.2) is 9.98 Å². The van der Waals surface area contributed by atoms with Crippen molar-refractivity contribution in [2.24, 2.45) is 27.2 Å². The fourth-order valence-electron chi connectivity index (χ4n) is 9.49. The van der Waals surface area contributed by atoms with Crippen LogP contribution in [0, 0.1) is 0 Å². The first-order valence-corrected chi connectivity index (χ1v) is 32.6. The minimum atomic E-state index is -4.07. The smallest absolute Gasteiger partial charge is 0.504 e. The van der Waals surface area contributed by atoms with Gasteiger partial charge in [-0.25, -0.2) is 4.99 Å². The van der Waals surface area contributed by atoms with Crippen LogP contribution in [-0.2, 0) is 91.2 Å². The Morgan fingerprint density at radius 1 is 0.850 bits per heavy atom. The molecule has 30 nitrogen and oxygen atoms in total. The highest BCUT2D eigenvalue weighted by atomic mass is 32.5. The number of phenolic OH excluding ortho intramolecular Hbond substituents is 3. The Kier molecular flexibility index (Phi) is 23.7. The third-order valence-corrected chi connectivity index (χ3v) is 17.5. The normalized spacial score (nSPS) is 36.6. The summed E-state index contributed by atoms with van der Waals surface area (Å²) < 4.78 is 76.9. The maximum Gasteiger partial charge on any atom is 0.522 e. The third-order valence-electron chi connectivity index (χ3n) is 13.6. The molecule has 5 saturated heterocycles. The molecule has 0 amide bonds. The number of aliphatic imine (C=N–C) groups is 2. The number of anilines is 1. The molecule has 21 unspecified atom stereocenters. The molecule has 0 saturated carbocycles. The van der Waals surface area contributed by atoms with Gasteiger partial charge in [-0.3, -0.25) is 10.3 Å². The first-order chi connectivity index (χ1) is 37.3. The summed E-state index contributed by atoms with van der Waals surface area (Å²) in [6.45, 7) is -2.91. The molecule has 18 N–H and O–H groups in total. The highest BCUT2D eigenvalue weighted by molar-refractivity contribution is 8.09. The van der Waals surface area contributed by atoms with Crippen LogP contribution < -0.4 is 37.9 Å². The van der Waals surface area contributed by atoms with Crippen molar-refractivity contribution in [1.29, 1.82) is 0 Å². The van der Waals surface area contributed by atoms with Crippen LogP contribution in [0.3, 0.4) is 0 Å². The molecule has 0 bridgehead atoms. The van der Waals surface area contributed by atoms with Gasteiger partial charge in [-0.1, -0.05) is 0 Å². The zero-order chi connectivity index (χ0) is 59.4. The number of ether oxygens (including phenoxy) is 8. The van der Waals surface area contributed by atoms with Gasteiger partial charge in [0, 0.05) is 37.3 Å². The van der Waals surface area contributed by atoms with Crippen LogP contribution in [0.2, 0.25) is 0 Å². The van der Waals surface area contributed by atoms with Crippen LogP contribution in [0.5, 0.6) is 23.0 Å². The Hall–Kier alpha value is -1.83. The Morgan fingerprint density at radius 2 is 1.44 bits per heavy atom. The Balaban J connectivity index is 1.13. The minimum absolute atomic E-state index is 0.0572. The van der Waals surface area contributed by atoms with Gasteiger partial charge in [0.05, 0.1) is 50.9 Å². The second-order valence-electron chi connectivity index (χ2n) is 19.7. The average Bonchev–Trinajstić information content (AvgIpc) is 4.26. The third kappa shape index (κ3) is 16.4. The highest BCUT2D eigenvalue weighted by Crippen LogP contribution is 2.57. The summed E-state index contributed by atoms with van der Waals surface area (Å²) in [6, 6.07) is -3.54. The monoisotopic (exact) mass is 1250 g/mol. The van der Waals surface area contributed by atoms with Crippen LogP contribution in [0.1, 0.15) is 40.0 Å². The van der Waals surface area contributed by atoms with E-state index in [1.165, 1.54) is 41.5 Å². The zero-order valence-corrected chi connectivity index (χ0v) is 49.4. The number of nitrogens with two attached hydrogens (primary N) is 3. The van der Waals surface area contributed by atoms with Gasteiger partial charge in [-0.05, 0) is 70.7 Å². The number of aliphatic hydroxyl groups excluding tert-OH is 3. The van der Waals surface area contributed by atoms with Gasteiger partial charge in [-0.15, -0.1) is 9.05 Å². The molecule has 6 radical (unpaired) electrons. The van der Waals surface area contributed by atoms with Crippen LogP contribution in [0.4, 0.5) is 11.4 Å². The molecule has 0 aromatic heterocycles. The number of hydrogen-bond donors (Lipinski definition) is 15. The van der Waals surface area contributed by atoms with E-state index in [0.29, 0.717) is 0 Å². The van der Waals surface area contributed by atoms with E-state index >= 15 is 0 Å². The molecule has 5 heterocycles. The van der Waals surface area contributed by atoms with Gasteiger partial charge in [0.15, 0.2) is 53.7 Å². The SMILES string of the molecule is [B]C1CC(O[P+](=S)OCC2OC([B])CC2OP(C)(O)=S)C(COP(O)(=S)OC2CC([B])OC2COCNC(C)(C)C2(O)C(C)OC(Oc3c(O)c(O)c(NC(N)=NC)c(O)c3N=C(N)N)C2OC2OC(CO)C(O)C(O)C2NC)O1. The number of guanidine groups is 2. The summed E-state index contributed by atoms with van der Waals surface area (Å²) in [4.78, 5) is 28.9. The number of benzene rings is 1. The van der Waals surface area contributed by atoms with Gasteiger partial charge in [-0.2, -0.15) is 0 Å². The predicted molar refractivity (Wildman–Crippen MR) is 298 cm³/mol. The maximum atomic E-state index is 13.0. The van der Waals surface area contributed by atoms with Crippen molar-refractivity contribution in [2.75, 3.05) is 59.2 Å². The second-order valence-corrected chi connectivity index (χ2v) is 28.2. The van der Waals surface area contributed by atoms with Crippen molar-refractivity contribution in [3.8, 4) is 23.0 Å². The highest BCUT2D eigenvalue weighted by Gasteiger charge is 2.65. The molecule has 5 aliphatic rings. The van der Waals surface area contributed by atoms with Gasteiger partial charge in [0.2, 0.25) is 23.8 Å². The number of likely N-dealkylation sites (N-methyl/N-ethyl adjacent to an activating group) is 1. The van der Waals surface area contributed by atoms with Crippen molar-refractivity contribution < 1.29 is 106 Å². The summed E-state index contributed by atoms with van der Waals surface area (Å²) in [5.41, 5.74) is 12.1. The van der Waals surface area contributed by atoms with Crippen molar-refractivity contribution >= 4 is 103 Å². The van der Waals surface area contributed by atoms with Crippen molar-refractivity contribution in [3.63, 3.8) is 0 Å². The molecule has 5 aliphatic heterocycles. The summed E-state index contributed by atoms with van der Waals surface area (Å²) >= 11 is 15.9. The van der Waals surface area contributed by atoms with Gasteiger partial charge in [0.1, 0.15) is 84.2 Å². The van der Waals surface area contributed by atoms with E-state index in [-0.39, 0.29) is 51.8 Å². The number of aromatic hydroxyl groups is 3. The molecule has 446 valence electrons. The number of nitrogens with zero attached hydrogens (tertiary/aromatic N) is 2. The van der Waals surface area contributed by atoms with Crippen molar-refractivity contribution in [1.82, 2.24) is 10.6 Å². The van der Waals surface area contributed by atoms with Crippen LogP contribution in [0.25, 0.3) is 0 Å². The standard InChI is InChI=1S/C41H68B3N8O22P3S3/c1-15-41(59,35(71-36-28(48-4)32(57)29(54)19(10-53)69-36)37(65-15)70-34-27(51-38(45)46)30(55)26(31(56)33(34)58)52-39(47)49-5)40(2,3)50-14-62-11-20-18(9-25(44)66-20)74-77(61,80)64-13-22-16(7-23(42)68-22)72-75(78)63-12-21-17(8-24(43)67-21)73-76(6,60)79/h15-25,28-29,32,35-37,48,50,53-54,57,59H,7-14H2,1-6H3,(H11-,45,46,47,49,51,52,55,56,58,60,61,79,80)/p+1.